The standard InChI is InChI=1S/C21H23N5O2/c1-21(2)12-25(18(11-27)15-6-4-3-5-7-15)20-24-17(10-19(28)26(20)13-21)16-8-9-22-14-23-16/h3-10,14,18,27H,11-13H2,1-2H3. The molecule has 144 valence electrons. The van der Waals surface area contributed by atoms with Gasteiger partial charge >= 0.3 is 0 Å². The van der Waals surface area contributed by atoms with Crippen LogP contribution in [0.25, 0.3) is 11.4 Å². The van der Waals surface area contributed by atoms with E-state index in [-0.39, 0.29) is 23.6 Å². The number of hydrogen-bond donors (Lipinski definition) is 1. The predicted octanol–water partition coefficient (Wildman–Crippen LogP) is 2.28. The van der Waals surface area contributed by atoms with Gasteiger partial charge in [0.2, 0.25) is 5.95 Å². The number of anilines is 1. The molecular weight excluding hydrogens is 354 g/mol. The molecule has 0 radical (unpaired) electrons. The summed E-state index contributed by atoms with van der Waals surface area (Å²) in [5.74, 6) is 0.559. The lowest BCUT2D eigenvalue weighted by Crippen LogP contribution is -2.49. The quantitative estimate of drug-likeness (QED) is 0.751. The van der Waals surface area contributed by atoms with E-state index in [0.29, 0.717) is 30.4 Å². The highest BCUT2D eigenvalue weighted by Gasteiger charge is 2.36. The van der Waals surface area contributed by atoms with Gasteiger partial charge in [0.25, 0.3) is 5.56 Å². The van der Waals surface area contributed by atoms with E-state index >= 15 is 0 Å². The zero-order valence-corrected chi connectivity index (χ0v) is 16.0. The first kappa shape index (κ1) is 18.3. The summed E-state index contributed by atoms with van der Waals surface area (Å²) in [7, 11) is 0. The Hall–Kier alpha value is -3.06. The lowest BCUT2D eigenvalue weighted by molar-refractivity contribution is 0.218. The Balaban J connectivity index is 1.87. The number of fused-ring (bicyclic) bond motifs is 1. The number of hydrogen-bond acceptors (Lipinski definition) is 6. The molecule has 0 saturated carbocycles. The lowest BCUT2D eigenvalue weighted by Gasteiger charge is -2.43. The molecule has 2 aromatic heterocycles. The zero-order chi connectivity index (χ0) is 19.7. The molecule has 0 aliphatic carbocycles. The van der Waals surface area contributed by atoms with E-state index in [1.54, 1.807) is 16.8 Å². The number of aliphatic hydroxyl groups excluding tert-OH is 1. The summed E-state index contributed by atoms with van der Waals surface area (Å²) in [6.07, 6.45) is 3.07. The first-order chi connectivity index (χ1) is 13.5. The van der Waals surface area contributed by atoms with Gasteiger partial charge in [-0.05, 0) is 11.6 Å². The van der Waals surface area contributed by atoms with E-state index in [9.17, 15) is 9.90 Å². The van der Waals surface area contributed by atoms with Crippen LogP contribution in [-0.2, 0) is 6.54 Å². The summed E-state index contributed by atoms with van der Waals surface area (Å²) < 4.78 is 1.69. The molecule has 1 unspecified atom stereocenters. The third-order valence-electron chi connectivity index (χ3n) is 5.01. The first-order valence-corrected chi connectivity index (χ1v) is 9.29. The van der Waals surface area contributed by atoms with Crippen LogP contribution in [0, 0.1) is 5.41 Å². The molecule has 1 atom stereocenters. The minimum absolute atomic E-state index is 0.0757. The lowest BCUT2D eigenvalue weighted by atomic mass is 9.89. The van der Waals surface area contributed by atoms with E-state index in [0.717, 1.165) is 5.56 Å². The highest BCUT2D eigenvalue weighted by Crippen LogP contribution is 2.35. The largest absolute Gasteiger partial charge is 0.394 e. The minimum atomic E-state index is -0.292. The van der Waals surface area contributed by atoms with E-state index in [2.05, 4.69) is 23.8 Å². The Labute approximate surface area is 163 Å². The normalized spacial score (nSPS) is 16.5. The third kappa shape index (κ3) is 3.41. The van der Waals surface area contributed by atoms with Crippen molar-refractivity contribution in [2.75, 3.05) is 18.1 Å². The van der Waals surface area contributed by atoms with Crippen LogP contribution in [0.1, 0.15) is 25.5 Å². The molecule has 1 N–H and O–H groups in total. The van der Waals surface area contributed by atoms with Crippen LogP contribution in [0.15, 0.2) is 59.8 Å². The topological polar surface area (TPSA) is 84.1 Å². The highest BCUT2D eigenvalue weighted by molar-refractivity contribution is 5.56. The average molecular weight is 377 g/mol. The molecule has 7 heteroatoms. The fraction of sp³-hybridized carbons (Fsp3) is 0.333. The second-order valence-corrected chi connectivity index (χ2v) is 7.86. The van der Waals surface area contributed by atoms with Crippen molar-refractivity contribution in [2.24, 2.45) is 5.41 Å². The molecule has 1 aromatic carbocycles. The van der Waals surface area contributed by atoms with Crippen molar-refractivity contribution >= 4 is 5.95 Å². The second-order valence-electron chi connectivity index (χ2n) is 7.86. The molecule has 0 spiro atoms. The maximum Gasteiger partial charge on any atom is 0.255 e. The van der Waals surface area contributed by atoms with Crippen LogP contribution in [0.4, 0.5) is 5.95 Å². The fourth-order valence-electron chi connectivity index (χ4n) is 3.75. The van der Waals surface area contributed by atoms with Crippen molar-refractivity contribution < 1.29 is 5.11 Å². The van der Waals surface area contributed by atoms with E-state index in [1.807, 2.05) is 35.2 Å². The Morgan fingerprint density at radius 3 is 2.61 bits per heavy atom. The Bertz CT molecular complexity index is 1020. The van der Waals surface area contributed by atoms with Gasteiger partial charge in [-0.3, -0.25) is 9.36 Å². The fourth-order valence-corrected chi connectivity index (χ4v) is 3.75. The molecule has 1 aliphatic rings. The molecule has 3 aromatic rings. The van der Waals surface area contributed by atoms with Gasteiger partial charge < -0.3 is 10.0 Å². The van der Waals surface area contributed by atoms with E-state index in [1.165, 1.54) is 12.4 Å². The molecule has 3 heterocycles. The molecule has 28 heavy (non-hydrogen) atoms. The molecule has 7 nitrogen and oxygen atoms in total. The Morgan fingerprint density at radius 1 is 1.14 bits per heavy atom. The Kier molecular flexibility index (Phi) is 4.68. The van der Waals surface area contributed by atoms with Gasteiger partial charge in [0.1, 0.15) is 6.33 Å². The number of aliphatic hydroxyl groups is 1. The van der Waals surface area contributed by atoms with Gasteiger partial charge in [-0.1, -0.05) is 44.2 Å². The maximum absolute atomic E-state index is 12.9. The molecule has 0 saturated heterocycles. The summed E-state index contributed by atoms with van der Waals surface area (Å²) >= 11 is 0. The van der Waals surface area contributed by atoms with Crippen molar-refractivity contribution in [3.8, 4) is 11.4 Å². The molecular formula is C21H23N5O2. The van der Waals surface area contributed by atoms with Crippen molar-refractivity contribution in [3.05, 3.63) is 70.9 Å². The summed E-state index contributed by atoms with van der Waals surface area (Å²) in [4.78, 5) is 27.9. The summed E-state index contributed by atoms with van der Waals surface area (Å²) in [6.45, 7) is 5.41. The third-order valence-corrected chi connectivity index (χ3v) is 5.01. The van der Waals surface area contributed by atoms with Crippen LogP contribution in [0.5, 0.6) is 0 Å². The van der Waals surface area contributed by atoms with Gasteiger partial charge in [0.05, 0.1) is 24.0 Å². The van der Waals surface area contributed by atoms with Crippen molar-refractivity contribution in [2.45, 2.75) is 26.4 Å². The van der Waals surface area contributed by atoms with Gasteiger partial charge in [0.15, 0.2) is 0 Å². The number of aromatic nitrogens is 4. The molecule has 0 bridgehead atoms. The summed E-state index contributed by atoms with van der Waals surface area (Å²) in [5, 5.41) is 10.2. The van der Waals surface area contributed by atoms with Gasteiger partial charge in [0, 0.05) is 30.8 Å². The predicted molar refractivity (Wildman–Crippen MR) is 107 cm³/mol. The van der Waals surface area contributed by atoms with Gasteiger partial charge in [-0.2, -0.15) is 0 Å². The van der Waals surface area contributed by atoms with Crippen LogP contribution in [0.2, 0.25) is 0 Å². The highest BCUT2D eigenvalue weighted by atomic mass is 16.3. The monoisotopic (exact) mass is 377 g/mol. The smallest absolute Gasteiger partial charge is 0.255 e. The first-order valence-electron chi connectivity index (χ1n) is 9.29. The van der Waals surface area contributed by atoms with Crippen LogP contribution >= 0.6 is 0 Å². The molecule has 1 aliphatic heterocycles. The summed E-state index contributed by atoms with van der Waals surface area (Å²) in [6, 6.07) is 12.8. The van der Waals surface area contributed by atoms with E-state index in [4.69, 9.17) is 4.98 Å². The summed E-state index contributed by atoms with van der Waals surface area (Å²) in [5.41, 5.74) is 1.82. The average Bonchev–Trinajstić information content (AvgIpc) is 2.70. The van der Waals surface area contributed by atoms with E-state index < -0.39 is 0 Å². The molecule has 4 rings (SSSR count). The zero-order valence-electron chi connectivity index (χ0n) is 16.0. The van der Waals surface area contributed by atoms with Crippen molar-refractivity contribution in [1.82, 2.24) is 19.5 Å². The number of benzene rings is 1. The van der Waals surface area contributed by atoms with Crippen LogP contribution in [-0.4, -0.2) is 37.8 Å². The van der Waals surface area contributed by atoms with Crippen LogP contribution in [0.3, 0.4) is 0 Å². The van der Waals surface area contributed by atoms with Crippen molar-refractivity contribution in [1.29, 1.82) is 0 Å². The maximum atomic E-state index is 12.9. The Morgan fingerprint density at radius 2 is 1.93 bits per heavy atom. The number of nitrogens with zero attached hydrogens (tertiary/aromatic N) is 5. The van der Waals surface area contributed by atoms with Crippen LogP contribution < -0.4 is 10.5 Å². The van der Waals surface area contributed by atoms with Gasteiger partial charge in [-0.25, -0.2) is 15.0 Å². The molecule has 0 fully saturated rings. The SMILES string of the molecule is CC1(C)CN(C(CO)c2ccccc2)c2nc(-c3ccncn3)cc(=O)n2C1. The van der Waals surface area contributed by atoms with Gasteiger partial charge in [-0.15, -0.1) is 0 Å². The second kappa shape index (κ2) is 7.16. The molecule has 0 amide bonds. The minimum Gasteiger partial charge on any atom is -0.394 e. The number of rotatable bonds is 4. The van der Waals surface area contributed by atoms with Crippen molar-refractivity contribution in [3.63, 3.8) is 0 Å².